The summed E-state index contributed by atoms with van der Waals surface area (Å²) >= 11 is 0. The van der Waals surface area contributed by atoms with Gasteiger partial charge in [0.1, 0.15) is 12.3 Å². The van der Waals surface area contributed by atoms with E-state index in [1.54, 1.807) is 5.32 Å². The number of benzene rings is 2. The second-order valence-corrected chi connectivity index (χ2v) is 5.82. The third kappa shape index (κ3) is 7.89. The van der Waals surface area contributed by atoms with E-state index in [0.29, 0.717) is 0 Å². The van der Waals surface area contributed by atoms with Crippen molar-refractivity contribution in [2.75, 3.05) is 23.7 Å². The highest BCUT2D eigenvalue weighted by Gasteiger charge is 2.31. The Hall–Kier alpha value is -3.44. The molecule has 162 valence electrons. The van der Waals surface area contributed by atoms with Crippen LogP contribution < -0.4 is 20.7 Å². The first-order chi connectivity index (χ1) is 13.9. The number of hydrogen-bond acceptors (Lipinski definition) is 4. The molecule has 0 spiro atoms. The fourth-order valence-electron chi connectivity index (χ4n) is 2.23. The van der Waals surface area contributed by atoms with Crippen LogP contribution in [-0.4, -0.2) is 37.4 Å². The highest BCUT2D eigenvalue weighted by atomic mass is 19.4. The normalized spacial score (nSPS) is 11.5. The molecule has 0 aliphatic heterocycles. The molecule has 2 rings (SSSR count). The maximum atomic E-state index is 12.3. The zero-order valence-corrected chi connectivity index (χ0v) is 15.0. The van der Waals surface area contributed by atoms with Crippen LogP contribution in [0.15, 0.2) is 48.5 Å². The highest BCUT2D eigenvalue weighted by Crippen LogP contribution is 2.24. The zero-order chi connectivity index (χ0) is 22.4. The van der Waals surface area contributed by atoms with E-state index in [4.69, 9.17) is 0 Å². The minimum atomic E-state index is -4.84. The molecule has 0 radical (unpaired) electrons. The van der Waals surface area contributed by atoms with Crippen LogP contribution in [0.1, 0.15) is 10.4 Å². The van der Waals surface area contributed by atoms with Gasteiger partial charge < -0.3 is 20.7 Å². The molecule has 0 aliphatic carbocycles. The lowest BCUT2D eigenvalue weighted by Crippen LogP contribution is -2.34. The Bertz CT molecular complexity index is 882. The summed E-state index contributed by atoms with van der Waals surface area (Å²) in [6.45, 7) is -1.86. The molecule has 0 fully saturated rings. The van der Waals surface area contributed by atoms with Gasteiger partial charge in [-0.1, -0.05) is 12.1 Å². The van der Waals surface area contributed by atoms with Gasteiger partial charge in [-0.05, 0) is 36.4 Å². The molecule has 0 unspecified atom stereocenters. The van der Waals surface area contributed by atoms with Crippen LogP contribution in [0.5, 0.6) is 5.75 Å². The second kappa shape index (κ2) is 9.37. The molecule has 0 saturated heterocycles. The Labute approximate surface area is 166 Å². The number of halogens is 6. The fourth-order valence-corrected chi connectivity index (χ4v) is 2.23. The number of rotatable bonds is 7. The summed E-state index contributed by atoms with van der Waals surface area (Å²) in [5, 5.41) is 6.77. The molecular weight excluding hydrogens is 420 g/mol. The predicted octanol–water partition coefficient (Wildman–Crippen LogP) is 3.93. The number of amides is 2. The molecule has 0 bridgehead atoms. The van der Waals surface area contributed by atoms with Crippen LogP contribution in [0.3, 0.4) is 0 Å². The van der Waals surface area contributed by atoms with Gasteiger partial charge in [0, 0.05) is 11.4 Å². The van der Waals surface area contributed by atoms with E-state index in [-0.39, 0.29) is 23.5 Å². The molecule has 3 N–H and O–H groups in total. The SMILES string of the molecule is O=C(CNc1ccccc1C(=O)NCC(F)(F)F)Nc1ccc(OC(F)(F)F)cc1. The quantitative estimate of drug-likeness (QED) is 0.576. The van der Waals surface area contributed by atoms with Crippen molar-refractivity contribution < 1.29 is 40.7 Å². The number of carbonyl (C=O) groups is 2. The van der Waals surface area contributed by atoms with Gasteiger partial charge in [-0.3, -0.25) is 9.59 Å². The largest absolute Gasteiger partial charge is 0.573 e. The van der Waals surface area contributed by atoms with Crippen molar-refractivity contribution >= 4 is 23.2 Å². The van der Waals surface area contributed by atoms with Crippen molar-refractivity contribution in [2.45, 2.75) is 12.5 Å². The monoisotopic (exact) mass is 435 g/mol. The average molecular weight is 435 g/mol. The van der Waals surface area contributed by atoms with Gasteiger partial charge in [-0.15, -0.1) is 13.2 Å². The summed E-state index contributed by atoms with van der Waals surface area (Å²) in [6.07, 6.45) is -9.41. The van der Waals surface area contributed by atoms with Gasteiger partial charge >= 0.3 is 12.5 Å². The van der Waals surface area contributed by atoms with Crippen molar-refractivity contribution in [2.24, 2.45) is 0 Å². The molecule has 0 aromatic heterocycles. The average Bonchev–Trinajstić information content (AvgIpc) is 2.64. The first-order valence-corrected chi connectivity index (χ1v) is 8.26. The Kier molecular flexibility index (Phi) is 7.14. The minimum absolute atomic E-state index is 0.0943. The third-order valence-electron chi connectivity index (χ3n) is 3.43. The van der Waals surface area contributed by atoms with Gasteiger partial charge in [0.2, 0.25) is 5.91 Å². The Balaban J connectivity index is 1.93. The van der Waals surface area contributed by atoms with Crippen LogP contribution in [-0.2, 0) is 4.79 Å². The molecule has 0 aliphatic rings. The van der Waals surface area contributed by atoms with Crippen LogP contribution in [0.2, 0.25) is 0 Å². The molecule has 2 aromatic rings. The smallest absolute Gasteiger partial charge is 0.406 e. The van der Waals surface area contributed by atoms with Crippen LogP contribution >= 0.6 is 0 Å². The van der Waals surface area contributed by atoms with Crippen molar-refractivity contribution in [1.29, 1.82) is 0 Å². The molecular formula is C18H15F6N3O3. The maximum absolute atomic E-state index is 12.3. The summed E-state index contributed by atoms with van der Waals surface area (Å²) in [6, 6.07) is 10.0. The number of para-hydroxylation sites is 1. The predicted molar refractivity (Wildman–Crippen MR) is 95.1 cm³/mol. The molecule has 0 saturated carbocycles. The first-order valence-electron chi connectivity index (χ1n) is 8.26. The van der Waals surface area contributed by atoms with Crippen molar-refractivity contribution in [3.63, 3.8) is 0 Å². The number of nitrogens with one attached hydrogen (secondary N) is 3. The molecule has 6 nitrogen and oxygen atoms in total. The minimum Gasteiger partial charge on any atom is -0.406 e. The van der Waals surface area contributed by atoms with Crippen LogP contribution in [0.25, 0.3) is 0 Å². The van der Waals surface area contributed by atoms with Crippen molar-refractivity contribution in [1.82, 2.24) is 5.32 Å². The Morgan fingerprint density at radius 2 is 1.53 bits per heavy atom. The summed E-state index contributed by atoms with van der Waals surface area (Å²) in [7, 11) is 0. The van der Waals surface area contributed by atoms with Crippen molar-refractivity contribution in [3.05, 3.63) is 54.1 Å². The van der Waals surface area contributed by atoms with E-state index in [9.17, 15) is 35.9 Å². The second-order valence-electron chi connectivity index (χ2n) is 5.82. The molecule has 2 amide bonds. The number of anilines is 2. The van der Waals surface area contributed by atoms with Crippen LogP contribution in [0, 0.1) is 0 Å². The maximum Gasteiger partial charge on any atom is 0.573 e. The lowest BCUT2D eigenvalue weighted by atomic mass is 10.1. The van der Waals surface area contributed by atoms with Gasteiger partial charge in [-0.25, -0.2) is 0 Å². The van der Waals surface area contributed by atoms with E-state index in [0.717, 1.165) is 12.1 Å². The summed E-state index contributed by atoms with van der Waals surface area (Å²) in [4.78, 5) is 23.9. The van der Waals surface area contributed by atoms with Crippen molar-refractivity contribution in [3.8, 4) is 5.75 Å². The van der Waals surface area contributed by atoms with Gasteiger partial charge in [0.25, 0.3) is 5.91 Å². The van der Waals surface area contributed by atoms with Crippen LogP contribution in [0.4, 0.5) is 37.7 Å². The Morgan fingerprint density at radius 1 is 0.900 bits per heavy atom. The summed E-state index contributed by atoms with van der Waals surface area (Å²) in [5.74, 6) is -2.04. The van der Waals surface area contributed by atoms with Gasteiger partial charge in [0.15, 0.2) is 0 Å². The summed E-state index contributed by atoms with van der Waals surface area (Å²) in [5.41, 5.74) is 0.219. The molecule has 30 heavy (non-hydrogen) atoms. The lowest BCUT2D eigenvalue weighted by molar-refractivity contribution is -0.274. The molecule has 12 heteroatoms. The number of ether oxygens (including phenoxy) is 1. The summed E-state index contributed by atoms with van der Waals surface area (Å²) < 4.78 is 76.8. The van der Waals surface area contributed by atoms with E-state index in [1.165, 1.54) is 36.4 Å². The number of hydrogen-bond donors (Lipinski definition) is 3. The van der Waals surface area contributed by atoms with Gasteiger partial charge in [-0.2, -0.15) is 13.2 Å². The van der Waals surface area contributed by atoms with Gasteiger partial charge in [0.05, 0.1) is 12.1 Å². The fraction of sp³-hybridized carbons (Fsp3) is 0.222. The van der Waals surface area contributed by atoms with E-state index >= 15 is 0 Å². The Morgan fingerprint density at radius 3 is 2.13 bits per heavy atom. The van der Waals surface area contributed by atoms with E-state index in [2.05, 4.69) is 15.4 Å². The topological polar surface area (TPSA) is 79.5 Å². The third-order valence-corrected chi connectivity index (χ3v) is 3.43. The highest BCUT2D eigenvalue weighted by molar-refractivity contribution is 6.00. The molecule has 2 aromatic carbocycles. The molecule has 0 heterocycles. The standard InChI is InChI=1S/C18H15F6N3O3/c19-17(20,21)10-26-16(29)13-3-1-2-4-14(13)25-9-15(28)27-11-5-7-12(8-6-11)30-18(22,23)24/h1-8,25H,9-10H2,(H,26,29)(H,27,28). The van der Waals surface area contributed by atoms with E-state index in [1.807, 2.05) is 0 Å². The number of alkyl halides is 6. The number of carbonyl (C=O) groups excluding carboxylic acids is 2. The van der Waals surface area contributed by atoms with E-state index < -0.39 is 36.6 Å². The zero-order valence-electron chi connectivity index (χ0n) is 15.0. The first kappa shape index (κ1) is 22.8. The lowest BCUT2D eigenvalue weighted by Gasteiger charge is -2.13. The molecule has 0 atom stereocenters.